The molecular formula is C17H16N5Tl. The Kier molecular flexibility index (Phi) is 3.90. The molecule has 0 aliphatic heterocycles. The Labute approximate surface area is 150 Å². The second-order valence-corrected chi connectivity index (χ2v) is 7.77. The summed E-state index contributed by atoms with van der Waals surface area (Å²) in [6.07, 6.45) is 0. The summed E-state index contributed by atoms with van der Waals surface area (Å²) >= 11 is 0.710. The molecule has 0 unspecified atom stereocenters. The van der Waals surface area contributed by atoms with E-state index in [4.69, 9.17) is 4.98 Å². The Morgan fingerprint density at radius 1 is 1.00 bits per heavy atom. The van der Waals surface area contributed by atoms with Crippen LogP contribution in [-0.4, -0.2) is 55.3 Å². The van der Waals surface area contributed by atoms with Gasteiger partial charge in [-0.2, -0.15) is 0 Å². The van der Waals surface area contributed by atoms with Gasteiger partial charge in [0.05, 0.1) is 0 Å². The first-order chi connectivity index (χ1) is 11.2. The zero-order chi connectivity index (χ0) is 15.8. The number of nitrogens with one attached hydrogen (secondary N) is 1. The van der Waals surface area contributed by atoms with E-state index in [2.05, 4.69) is 48.6 Å². The summed E-state index contributed by atoms with van der Waals surface area (Å²) < 4.78 is 2.32. The van der Waals surface area contributed by atoms with E-state index >= 15 is 0 Å². The van der Waals surface area contributed by atoms with Gasteiger partial charge in [-0.25, -0.2) is 0 Å². The number of aromatic amines is 1. The van der Waals surface area contributed by atoms with Crippen molar-refractivity contribution in [3.8, 4) is 0 Å². The molecule has 1 N–H and O–H groups in total. The van der Waals surface area contributed by atoms with Crippen LogP contribution in [-0.2, 0) is 13.1 Å². The number of rotatable bonds is 4. The molecule has 0 saturated heterocycles. The second kappa shape index (κ2) is 6.05. The standard InChI is InChI=1S/C17H16N5.Tl/c1-22(10-16-18-12-6-2-3-7-13(12)19-16)11-17-20-14-8-4-5-9-15(14)21-17;/h2-9H,10-11H2,1H3,(H-,18,19,20,21);/q-1;+1. The first kappa shape index (κ1) is 14.8. The van der Waals surface area contributed by atoms with E-state index in [9.17, 15) is 0 Å². The van der Waals surface area contributed by atoms with Gasteiger partial charge in [-0.3, -0.25) is 0 Å². The molecule has 0 saturated carbocycles. The third-order valence-electron chi connectivity index (χ3n) is 3.94. The van der Waals surface area contributed by atoms with Gasteiger partial charge in [0.25, 0.3) is 0 Å². The number of fused-ring (bicyclic) bond motifs is 2. The number of aromatic nitrogens is 4. The van der Waals surface area contributed by atoms with Crippen molar-refractivity contribution in [1.29, 1.82) is 0 Å². The van der Waals surface area contributed by atoms with Crippen LogP contribution in [0, 0.1) is 0 Å². The van der Waals surface area contributed by atoms with E-state index in [0.29, 0.717) is 26.1 Å². The summed E-state index contributed by atoms with van der Waals surface area (Å²) in [6.45, 7) is 1.60. The molecular weight excluding hydrogens is 479 g/mol. The van der Waals surface area contributed by atoms with Gasteiger partial charge < -0.3 is 0 Å². The Morgan fingerprint density at radius 3 is 2.52 bits per heavy atom. The van der Waals surface area contributed by atoms with Crippen LogP contribution >= 0.6 is 0 Å². The van der Waals surface area contributed by atoms with Crippen molar-refractivity contribution in [2.24, 2.45) is 0 Å². The number of benzene rings is 2. The van der Waals surface area contributed by atoms with Gasteiger partial charge in [-0.15, -0.1) is 0 Å². The molecule has 6 heteroatoms. The topological polar surface area (TPSA) is 49.7 Å². The Balaban J connectivity index is 1.54. The fourth-order valence-electron chi connectivity index (χ4n) is 2.84. The number of imidazole rings is 2. The van der Waals surface area contributed by atoms with E-state index in [0.717, 1.165) is 41.3 Å². The molecule has 0 amide bonds. The third-order valence-corrected chi connectivity index (χ3v) is 6.18. The molecule has 0 atom stereocenters. The maximum atomic E-state index is 4.77. The SMILES string of the molecule is CN(Cc1nc2ccccc2[nH]1)Cc1nc2ccccc2[n]1[Tl]. The van der Waals surface area contributed by atoms with Gasteiger partial charge in [0.2, 0.25) is 0 Å². The van der Waals surface area contributed by atoms with Crippen LogP contribution in [0.1, 0.15) is 11.6 Å². The van der Waals surface area contributed by atoms with E-state index in [1.807, 2.05) is 24.3 Å². The number of hydrogen-bond donors (Lipinski definition) is 1. The maximum absolute atomic E-state index is 4.77. The quantitative estimate of drug-likeness (QED) is 0.444. The third kappa shape index (κ3) is 2.90. The van der Waals surface area contributed by atoms with Crippen molar-refractivity contribution in [2.75, 3.05) is 7.05 Å². The molecule has 4 aromatic rings. The van der Waals surface area contributed by atoms with E-state index in [1.54, 1.807) is 0 Å². The first-order valence-electron chi connectivity index (χ1n) is 7.54. The molecule has 0 spiro atoms. The first-order valence-corrected chi connectivity index (χ1v) is 9.55. The molecule has 5 nitrogen and oxygen atoms in total. The average molecular weight is 495 g/mol. The van der Waals surface area contributed by atoms with Crippen LogP contribution in [0.4, 0.5) is 0 Å². The molecule has 23 heavy (non-hydrogen) atoms. The van der Waals surface area contributed by atoms with Crippen molar-refractivity contribution in [3.63, 3.8) is 0 Å². The molecule has 0 bridgehead atoms. The molecule has 0 radical (unpaired) electrons. The van der Waals surface area contributed by atoms with Crippen molar-refractivity contribution >= 4 is 48.1 Å². The summed E-state index contributed by atoms with van der Waals surface area (Å²) in [5.74, 6) is 2.13. The monoisotopic (exact) mass is 495 g/mol. The minimum absolute atomic E-state index is 0.710. The number of H-pyrrole nitrogens is 1. The van der Waals surface area contributed by atoms with Crippen LogP contribution in [0.3, 0.4) is 0 Å². The van der Waals surface area contributed by atoms with Crippen LogP contribution in [0.25, 0.3) is 22.1 Å². The van der Waals surface area contributed by atoms with Crippen LogP contribution in [0.15, 0.2) is 48.5 Å². The number of para-hydroxylation sites is 4. The number of hydrogen-bond acceptors (Lipinski definition) is 3. The van der Waals surface area contributed by atoms with Crippen LogP contribution in [0.5, 0.6) is 0 Å². The summed E-state index contributed by atoms with van der Waals surface area (Å²) in [5.41, 5.74) is 4.44. The molecule has 4 rings (SSSR count). The summed E-state index contributed by atoms with van der Waals surface area (Å²) in [4.78, 5) is 15.0. The molecule has 0 aliphatic rings. The average Bonchev–Trinajstić information content (AvgIpc) is 3.09. The van der Waals surface area contributed by atoms with Gasteiger partial charge in [-0.1, -0.05) is 0 Å². The van der Waals surface area contributed by atoms with Crippen molar-refractivity contribution in [3.05, 3.63) is 60.2 Å². The van der Waals surface area contributed by atoms with Gasteiger partial charge in [0.15, 0.2) is 0 Å². The van der Waals surface area contributed by atoms with E-state index in [-0.39, 0.29) is 0 Å². The minimum atomic E-state index is 0.710. The van der Waals surface area contributed by atoms with E-state index in [1.165, 1.54) is 5.52 Å². The Hall–Kier alpha value is -1.74. The van der Waals surface area contributed by atoms with Crippen molar-refractivity contribution < 1.29 is 0 Å². The molecule has 2 aromatic carbocycles. The van der Waals surface area contributed by atoms with Gasteiger partial charge in [-0.05, 0) is 0 Å². The summed E-state index contributed by atoms with van der Waals surface area (Å²) in [5, 5.41) is 0. The second-order valence-electron chi connectivity index (χ2n) is 5.76. The van der Waals surface area contributed by atoms with Crippen LogP contribution < -0.4 is 0 Å². The molecule has 2 heterocycles. The predicted molar refractivity (Wildman–Crippen MR) is 92.1 cm³/mol. The Morgan fingerprint density at radius 2 is 1.74 bits per heavy atom. The molecule has 2 aromatic heterocycles. The normalized spacial score (nSPS) is 11.7. The molecule has 0 aliphatic carbocycles. The van der Waals surface area contributed by atoms with E-state index < -0.39 is 0 Å². The fourth-order valence-corrected chi connectivity index (χ4v) is 4.23. The van der Waals surface area contributed by atoms with Crippen molar-refractivity contribution in [2.45, 2.75) is 13.1 Å². The fraction of sp³-hybridized carbons (Fsp3) is 0.176. The zero-order valence-corrected chi connectivity index (χ0v) is 17.4. The number of nitrogens with zero attached hydrogens (tertiary/aromatic N) is 4. The summed E-state index contributed by atoms with van der Waals surface area (Å²) in [6, 6.07) is 16.5. The van der Waals surface area contributed by atoms with Gasteiger partial charge in [0.1, 0.15) is 0 Å². The van der Waals surface area contributed by atoms with Gasteiger partial charge >= 0.3 is 151 Å². The zero-order valence-electron chi connectivity index (χ0n) is 12.9. The molecule has 112 valence electrons. The Bertz CT molecular complexity index is 938. The molecule has 0 fully saturated rings. The van der Waals surface area contributed by atoms with Crippen molar-refractivity contribution in [1.82, 2.24) is 22.2 Å². The van der Waals surface area contributed by atoms with Gasteiger partial charge in [0, 0.05) is 0 Å². The van der Waals surface area contributed by atoms with Crippen LogP contribution in [0.2, 0.25) is 0 Å². The predicted octanol–water partition coefficient (Wildman–Crippen LogP) is 2.48. The summed E-state index contributed by atoms with van der Waals surface area (Å²) in [7, 11) is 2.11.